The first-order chi connectivity index (χ1) is 9.96. The van der Waals surface area contributed by atoms with Crippen LogP contribution in [0.5, 0.6) is 0 Å². The van der Waals surface area contributed by atoms with Crippen molar-refractivity contribution in [2.75, 3.05) is 18.1 Å². The van der Waals surface area contributed by atoms with Crippen molar-refractivity contribution in [3.63, 3.8) is 0 Å². The molecule has 1 atom stereocenters. The summed E-state index contributed by atoms with van der Waals surface area (Å²) in [5.41, 5.74) is 1.13. The Labute approximate surface area is 128 Å². The van der Waals surface area contributed by atoms with Crippen LogP contribution in [0.2, 0.25) is 0 Å². The second-order valence-corrected chi connectivity index (χ2v) is 7.72. The third kappa shape index (κ3) is 5.22. The second kappa shape index (κ2) is 7.15. The van der Waals surface area contributed by atoms with E-state index in [1.54, 1.807) is 11.8 Å². The Bertz CT molecular complexity index is 604. The third-order valence-electron chi connectivity index (χ3n) is 3.16. The molecule has 0 aromatic heterocycles. The normalized spacial score (nSPS) is 17.9. The molecule has 0 unspecified atom stereocenters. The fourth-order valence-corrected chi connectivity index (χ4v) is 3.85. The molecule has 0 radical (unpaired) electrons. The van der Waals surface area contributed by atoms with Gasteiger partial charge in [0, 0.05) is 17.2 Å². The Kier molecular flexibility index (Phi) is 5.49. The Hall–Kier alpha value is -1.25. The van der Waals surface area contributed by atoms with Crippen LogP contribution >= 0.6 is 11.8 Å². The van der Waals surface area contributed by atoms with E-state index in [1.807, 2.05) is 18.2 Å². The zero-order valence-corrected chi connectivity index (χ0v) is 13.2. The highest BCUT2D eigenvalue weighted by Gasteiger charge is 2.21. The fraction of sp³-hybridized carbons (Fsp3) is 0.462. The van der Waals surface area contributed by atoms with E-state index in [-0.39, 0.29) is 24.4 Å². The summed E-state index contributed by atoms with van der Waals surface area (Å²) in [4.78, 5) is 13.0. The molecule has 4 N–H and O–H groups in total. The molecule has 0 saturated heterocycles. The molecule has 1 aromatic carbocycles. The van der Waals surface area contributed by atoms with Gasteiger partial charge in [-0.3, -0.25) is 0 Å². The number of primary sulfonamides is 1. The maximum Gasteiger partial charge on any atom is 0.315 e. The number of carbonyl (C=O) groups excluding carboxylic acids is 1. The van der Waals surface area contributed by atoms with Crippen LogP contribution in [0.3, 0.4) is 0 Å². The van der Waals surface area contributed by atoms with E-state index in [2.05, 4.69) is 16.7 Å². The number of benzene rings is 1. The highest BCUT2D eigenvalue weighted by atomic mass is 32.2. The summed E-state index contributed by atoms with van der Waals surface area (Å²) in [6, 6.07) is 7.74. The summed E-state index contributed by atoms with van der Waals surface area (Å²) in [5.74, 6) is 0.837. The smallest absolute Gasteiger partial charge is 0.315 e. The number of thioether (sulfide) groups is 1. The minimum atomic E-state index is -3.46. The van der Waals surface area contributed by atoms with Crippen molar-refractivity contribution in [1.82, 2.24) is 10.6 Å². The predicted molar refractivity (Wildman–Crippen MR) is 83.6 cm³/mol. The van der Waals surface area contributed by atoms with Gasteiger partial charge in [-0.15, -0.1) is 11.8 Å². The van der Waals surface area contributed by atoms with E-state index in [0.29, 0.717) is 6.42 Å². The lowest BCUT2D eigenvalue weighted by atomic mass is 10.0. The van der Waals surface area contributed by atoms with Crippen molar-refractivity contribution in [3.05, 3.63) is 29.8 Å². The highest BCUT2D eigenvalue weighted by Crippen LogP contribution is 2.35. The summed E-state index contributed by atoms with van der Waals surface area (Å²) in [6.45, 7) is 0.283. The Morgan fingerprint density at radius 3 is 2.90 bits per heavy atom. The van der Waals surface area contributed by atoms with Gasteiger partial charge in [-0.2, -0.15) is 0 Å². The fourth-order valence-electron chi connectivity index (χ4n) is 2.18. The lowest BCUT2D eigenvalue weighted by Crippen LogP contribution is -2.39. The van der Waals surface area contributed by atoms with Gasteiger partial charge in [-0.25, -0.2) is 18.4 Å². The average molecular weight is 329 g/mol. The number of amides is 2. The Balaban J connectivity index is 1.81. The topological polar surface area (TPSA) is 101 Å². The van der Waals surface area contributed by atoms with Gasteiger partial charge in [0.1, 0.15) is 0 Å². The van der Waals surface area contributed by atoms with E-state index >= 15 is 0 Å². The second-order valence-electron chi connectivity index (χ2n) is 4.85. The van der Waals surface area contributed by atoms with Gasteiger partial charge in [0.05, 0.1) is 11.8 Å². The number of sulfonamides is 1. The first-order valence-electron chi connectivity index (χ1n) is 6.72. The molecule has 2 rings (SSSR count). The standard InChI is InChI=1S/C13H19N3O3S2/c14-21(18,19)9-3-7-15-13(17)16-11-6-8-20-12-5-2-1-4-10(11)12/h1-2,4-5,11H,3,6-9H2,(H2,14,18,19)(H2,15,16,17)/t11-/m0/s1. The molecule has 1 heterocycles. The minimum Gasteiger partial charge on any atom is -0.338 e. The molecule has 6 nitrogen and oxygen atoms in total. The number of carbonyl (C=O) groups is 1. The number of rotatable bonds is 5. The third-order valence-corrected chi connectivity index (χ3v) is 5.14. The first-order valence-corrected chi connectivity index (χ1v) is 9.42. The van der Waals surface area contributed by atoms with E-state index in [4.69, 9.17) is 5.14 Å². The van der Waals surface area contributed by atoms with Gasteiger partial charge in [0.25, 0.3) is 0 Å². The van der Waals surface area contributed by atoms with Crippen LogP contribution in [0, 0.1) is 0 Å². The number of nitrogens with one attached hydrogen (secondary N) is 2. The van der Waals surface area contributed by atoms with Crippen molar-refractivity contribution in [2.45, 2.75) is 23.8 Å². The molecule has 116 valence electrons. The predicted octanol–water partition coefficient (Wildman–Crippen LogP) is 1.20. The summed E-state index contributed by atoms with van der Waals surface area (Å²) in [6.07, 6.45) is 1.19. The summed E-state index contributed by atoms with van der Waals surface area (Å²) < 4.78 is 21.6. The van der Waals surface area contributed by atoms with Crippen LogP contribution in [-0.4, -0.2) is 32.5 Å². The zero-order valence-electron chi connectivity index (χ0n) is 11.5. The Morgan fingerprint density at radius 2 is 2.14 bits per heavy atom. The van der Waals surface area contributed by atoms with Gasteiger partial charge < -0.3 is 10.6 Å². The molecule has 0 saturated carbocycles. The molecule has 1 aliphatic heterocycles. The molecule has 8 heteroatoms. The Morgan fingerprint density at radius 1 is 1.38 bits per heavy atom. The number of nitrogens with two attached hydrogens (primary N) is 1. The number of hydrogen-bond donors (Lipinski definition) is 3. The van der Waals surface area contributed by atoms with Crippen LogP contribution in [0.15, 0.2) is 29.2 Å². The van der Waals surface area contributed by atoms with Gasteiger partial charge in [0.15, 0.2) is 0 Å². The van der Waals surface area contributed by atoms with Crippen molar-refractivity contribution >= 4 is 27.8 Å². The van der Waals surface area contributed by atoms with Gasteiger partial charge in [-0.1, -0.05) is 18.2 Å². The van der Waals surface area contributed by atoms with Crippen LogP contribution in [-0.2, 0) is 10.0 Å². The largest absolute Gasteiger partial charge is 0.338 e. The summed E-state index contributed by atoms with van der Waals surface area (Å²) >= 11 is 1.79. The van der Waals surface area contributed by atoms with E-state index in [0.717, 1.165) is 17.7 Å². The molecular formula is C13H19N3O3S2. The molecule has 0 aliphatic carbocycles. The maximum absolute atomic E-state index is 11.8. The average Bonchev–Trinajstić information content (AvgIpc) is 2.43. The lowest BCUT2D eigenvalue weighted by Gasteiger charge is -2.25. The molecule has 0 spiro atoms. The SMILES string of the molecule is NS(=O)(=O)CCCNC(=O)N[C@H]1CCSc2ccccc21. The molecule has 0 fully saturated rings. The van der Waals surface area contributed by atoms with Gasteiger partial charge >= 0.3 is 6.03 Å². The lowest BCUT2D eigenvalue weighted by molar-refractivity contribution is 0.236. The minimum absolute atomic E-state index is 0.000640. The van der Waals surface area contributed by atoms with E-state index < -0.39 is 10.0 Å². The summed E-state index contributed by atoms with van der Waals surface area (Å²) in [7, 11) is -3.46. The van der Waals surface area contributed by atoms with Crippen LogP contribution < -0.4 is 15.8 Å². The van der Waals surface area contributed by atoms with E-state index in [9.17, 15) is 13.2 Å². The van der Waals surface area contributed by atoms with Crippen LogP contribution in [0.4, 0.5) is 4.79 Å². The molecule has 1 aromatic rings. The van der Waals surface area contributed by atoms with Gasteiger partial charge in [0.2, 0.25) is 10.0 Å². The van der Waals surface area contributed by atoms with Crippen LogP contribution in [0.1, 0.15) is 24.4 Å². The summed E-state index contributed by atoms with van der Waals surface area (Å²) in [5, 5.41) is 10.5. The van der Waals surface area contributed by atoms with Crippen molar-refractivity contribution < 1.29 is 13.2 Å². The van der Waals surface area contributed by atoms with Crippen LogP contribution in [0.25, 0.3) is 0 Å². The molecule has 1 aliphatic rings. The molecule has 21 heavy (non-hydrogen) atoms. The molecule has 0 bridgehead atoms. The number of urea groups is 1. The maximum atomic E-state index is 11.8. The van der Waals surface area contributed by atoms with Gasteiger partial charge in [-0.05, 0) is 24.5 Å². The highest BCUT2D eigenvalue weighted by molar-refractivity contribution is 7.99. The first kappa shape index (κ1) is 16.1. The number of fused-ring (bicyclic) bond motifs is 1. The monoisotopic (exact) mass is 329 g/mol. The molecular weight excluding hydrogens is 310 g/mol. The van der Waals surface area contributed by atoms with Crippen molar-refractivity contribution in [1.29, 1.82) is 0 Å². The van der Waals surface area contributed by atoms with Crippen molar-refractivity contribution in [2.24, 2.45) is 5.14 Å². The zero-order chi connectivity index (χ0) is 15.3. The molecule has 2 amide bonds. The van der Waals surface area contributed by atoms with Crippen molar-refractivity contribution in [3.8, 4) is 0 Å². The van der Waals surface area contributed by atoms with E-state index in [1.165, 1.54) is 4.90 Å². The number of hydrogen-bond acceptors (Lipinski definition) is 4. The quantitative estimate of drug-likeness (QED) is 0.707.